The van der Waals surface area contributed by atoms with Gasteiger partial charge in [0.2, 0.25) is 0 Å². The van der Waals surface area contributed by atoms with Gasteiger partial charge in [0.05, 0.1) is 30.9 Å². The van der Waals surface area contributed by atoms with Crippen molar-refractivity contribution >= 4 is 16.9 Å². The molecule has 2 aromatic rings. The molecule has 1 aromatic carbocycles. The Morgan fingerprint density at radius 2 is 2.23 bits per heavy atom. The summed E-state index contributed by atoms with van der Waals surface area (Å²) in [5, 5.41) is 0.909. The van der Waals surface area contributed by atoms with Crippen molar-refractivity contribution in [1.82, 2.24) is 0 Å². The van der Waals surface area contributed by atoms with E-state index in [1.807, 2.05) is 6.07 Å². The SMILES string of the molecule is COC(=O)c1cc(OCC2CCC3(CC3)C2)c2ccoc2c1. The maximum Gasteiger partial charge on any atom is 0.338 e. The maximum atomic E-state index is 11.8. The lowest BCUT2D eigenvalue weighted by Crippen LogP contribution is -2.10. The van der Waals surface area contributed by atoms with Crippen LogP contribution in [0.5, 0.6) is 5.75 Å². The van der Waals surface area contributed by atoms with Gasteiger partial charge in [0, 0.05) is 0 Å². The molecule has 1 aromatic heterocycles. The zero-order chi connectivity index (χ0) is 15.2. The molecule has 0 aliphatic heterocycles. The summed E-state index contributed by atoms with van der Waals surface area (Å²) in [7, 11) is 1.38. The largest absolute Gasteiger partial charge is 0.493 e. The van der Waals surface area contributed by atoms with E-state index in [9.17, 15) is 4.79 Å². The number of hydrogen-bond donors (Lipinski definition) is 0. The quantitative estimate of drug-likeness (QED) is 0.795. The first-order valence-electron chi connectivity index (χ1n) is 7.91. The third-order valence-corrected chi connectivity index (χ3v) is 5.19. The Balaban J connectivity index is 1.54. The first-order valence-corrected chi connectivity index (χ1v) is 7.91. The van der Waals surface area contributed by atoms with Gasteiger partial charge in [-0.1, -0.05) is 0 Å². The van der Waals surface area contributed by atoms with Gasteiger partial charge in [0.1, 0.15) is 11.3 Å². The van der Waals surface area contributed by atoms with Crippen LogP contribution in [0.4, 0.5) is 0 Å². The van der Waals surface area contributed by atoms with Gasteiger partial charge in [-0.2, -0.15) is 0 Å². The van der Waals surface area contributed by atoms with Crippen LogP contribution < -0.4 is 4.74 Å². The van der Waals surface area contributed by atoms with Crippen LogP contribution in [0.3, 0.4) is 0 Å². The third-order valence-electron chi connectivity index (χ3n) is 5.19. The summed E-state index contributed by atoms with van der Waals surface area (Å²) in [4.78, 5) is 11.8. The van der Waals surface area contributed by atoms with E-state index in [0.717, 1.165) is 5.39 Å². The molecule has 4 rings (SSSR count). The molecule has 0 N–H and O–H groups in total. The minimum absolute atomic E-state index is 0.374. The molecule has 1 unspecified atom stereocenters. The highest BCUT2D eigenvalue weighted by molar-refractivity contribution is 5.96. The lowest BCUT2D eigenvalue weighted by Gasteiger charge is -2.13. The molecule has 0 bridgehead atoms. The smallest absolute Gasteiger partial charge is 0.338 e. The maximum absolute atomic E-state index is 11.8. The molecule has 2 saturated carbocycles. The fourth-order valence-electron chi connectivity index (χ4n) is 3.70. The second-order valence-electron chi connectivity index (χ2n) is 6.72. The van der Waals surface area contributed by atoms with E-state index in [4.69, 9.17) is 13.9 Å². The molecular formula is C18H20O4. The van der Waals surface area contributed by atoms with Crippen molar-refractivity contribution in [2.45, 2.75) is 32.1 Å². The fourth-order valence-corrected chi connectivity index (χ4v) is 3.70. The van der Waals surface area contributed by atoms with E-state index >= 15 is 0 Å². The van der Waals surface area contributed by atoms with Crippen molar-refractivity contribution in [3.8, 4) is 5.75 Å². The van der Waals surface area contributed by atoms with Crippen LogP contribution in [0.1, 0.15) is 42.5 Å². The highest BCUT2D eigenvalue weighted by atomic mass is 16.5. The molecule has 0 saturated heterocycles. The molecule has 2 fully saturated rings. The summed E-state index contributed by atoms with van der Waals surface area (Å²) in [5.74, 6) is 0.968. The fraction of sp³-hybridized carbons (Fsp3) is 0.500. The van der Waals surface area contributed by atoms with Crippen LogP contribution in [0.15, 0.2) is 28.9 Å². The van der Waals surface area contributed by atoms with Gasteiger partial charge in [-0.05, 0) is 61.6 Å². The van der Waals surface area contributed by atoms with E-state index in [1.54, 1.807) is 18.4 Å². The van der Waals surface area contributed by atoms with Gasteiger partial charge in [0.15, 0.2) is 0 Å². The van der Waals surface area contributed by atoms with Crippen molar-refractivity contribution in [3.63, 3.8) is 0 Å². The van der Waals surface area contributed by atoms with E-state index in [1.165, 1.54) is 39.2 Å². The predicted molar refractivity (Wildman–Crippen MR) is 82.1 cm³/mol. The van der Waals surface area contributed by atoms with Crippen molar-refractivity contribution in [2.75, 3.05) is 13.7 Å². The molecular weight excluding hydrogens is 280 g/mol. The molecule has 2 aliphatic carbocycles. The Morgan fingerprint density at radius 1 is 1.36 bits per heavy atom. The first kappa shape index (κ1) is 13.7. The van der Waals surface area contributed by atoms with Gasteiger partial charge in [-0.15, -0.1) is 0 Å². The number of benzene rings is 1. The second-order valence-corrected chi connectivity index (χ2v) is 6.72. The van der Waals surface area contributed by atoms with Crippen LogP contribution >= 0.6 is 0 Å². The van der Waals surface area contributed by atoms with Crippen LogP contribution in [-0.2, 0) is 4.74 Å². The average Bonchev–Trinajstić information content (AvgIpc) is 2.96. The zero-order valence-corrected chi connectivity index (χ0v) is 12.8. The molecule has 1 atom stereocenters. The number of fused-ring (bicyclic) bond motifs is 1. The van der Waals surface area contributed by atoms with Gasteiger partial charge in [-0.3, -0.25) is 0 Å². The molecule has 4 nitrogen and oxygen atoms in total. The van der Waals surface area contributed by atoms with Gasteiger partial charge in [0.25, 0.3) is 0 Å². The van der Waals surface area contributed by atoms with Gasteiger partial charge in [-0.25, -0.2) is 4.79 Å². The number of furan rings is 1. The predicted octanol–water partition coefficient (Wildman–Crippen LogP) is 4.18. The lowest BCUT2D eigenvalue weighted by atomic mass is 10.0. The number of hydrogen-bond acceptors (Lipinski definition) is 4. The van der Waals surface area contributed by atoms with Gasteiger partial charge >= 0.3 is 5.97 Å². The number of ether oxygens (including phenoxy) is 2. The summed E-state index contributed by atoms with van der Waals surface area (Å²) >= 11 is 0. The molecule has 22 heavy (non-hydrogen) atoms. The number of methoxy groups -OCH3 is 1. The molecule has 4 heteroatoms. The minimum Gasteiger partial charge on any atom is -0.493 e. The zero-order valence-electron chi connectivity index (χ0n) is 12.8. The molecule has 116 valence electrons. The summed E-state index contributed by atoms with van der Waals surface area (Å²) in [6.07, 6.45) is 8.31. The second kappa shape index (κ2) is 5.04. The topological polar surface area (TPSA) is 48.7 Å². The Kier molecular flexibility index (Phi) is 3.13. The monoisotopic (exact) mass is 300 g/mol. The number of esters is 1. The van der Waals surface area contributed by atoms with Crippen molar-refractivity contribution < 1.29 is 18.7 Å². The summed E-state index contributed by atoms with van der Waals surface area (Å²) in [6, 6.07) is 5.33. The van der Waals surface area contributed by atoms with Crippen molar-refractivity contribution in [3.05, 3.63) is 30.0 Å². The number of rotatable bonds is 4. The summed E-state index contributed by atoms with van der Waals surface area (Å²) in [6.45, 7) is 0.715. The molecule has 2 aliphatic rings. The third kappa shape index (κ3) is 2.36. The highest BCUT2D eigenvalue weighted by Gasteiger charge is 2.48. The van der Waals surface area contributed by atoms with Crippen molar-refractivity contribution in [1.29, 1.82) is 0 Å². The Bertz CT molecular complexity index is 711. The normalized spacial score (nSPS) is 22.1. The van der Waals surface area contributed by atoms with Crippen LogP contribution in [0.25, 0.3) is 11.0 Å². The summed E-state index contributed by atoms with van der Waals surface area (Å²) < 4.78 is 16.3. The van der Waals surface area contributed by atoms with E-state index in [2.05, 4.69) is 0 Å². The molecule has 0 amide bonds. The standard InChI is InChI=1S/C18H20O4/c1-20-17(19)13-8-15-14(3-7-21-15)16(9-13)22-11-12-2-4-18(10-12)5-6-18/h3,7-9,12H,2,4-6,10-11H2,1H3. The van der Waals surface area contributed by atoms with Crippen LogP contribution in [0, 0.1) is 11.3 Å². The van der Waals surface area contributed by atoms with Gasteiger partial charge < -0.3 is 13.9 Å². The number of carbonyl (C=O) groups excluding carboxylic acids is 1. The van der Waals surface area contributed by atoms with Crippen LogP contribution in [-0.4, -0.2) is 19.7 Å². The first-order chi connectivity index (χ1) is 10.7. The van der Waals surface area contributed by atoms with E-state index in [0.29, 0.717) is 34.8 Å². The Hall–Kier alpha value is -1.97. The highest BCUT2D eigenvalue weighted by Crippen LogP contribution is 2.59. The minimum atomic E-state index is -0.374. The van der Waals surface area contributed by atoms with Crippen LogP contribution in [0.2, 0.25) is 0 Å². The molecule has 1 spiro atoms. The number of carbonyl (C=O) groups is 1. The average molecular weight is 300 g/mol. The lowest BCUT2D eigenvalue weighted by molar-refractivity contribution is 0.0600. The van der Waals surface area contributed by atoms with E-state index in [-0.39, 0.29) is 5.97 Å². The Morgan fingerprint density at radius 3 is 2.95 bits per heavy atom. The molecule has 1 heterocycles. The Labute approximate surface area is 129 Å². The van der Waals surface area contributed by atoms with Crippen molar-refractivity contribution in [2.24, 2.45) is 11.3 Å². The summed E-state index contributed by atoms with van der Waals surface area (Å²) in [5.41, 5.74) is 1.78. The molecule has 0 radical (unpaired) electrons. The van der Waals surface area contributed by atoms with E-state index < -0.39 is 0 Å².